The summed E-state index contributed by atoms with van der Waals surface area (Å²) in [5.74, 6) is 0.611. The minimum atomic E-state index is -0.369. The van der Waals surface area contributed by atoms with E-state index in [0.29, 0.717) is 0 Å². The highest BCUT2D eigenvalue weighted by Crippen LogP contribution is 2.22. The second kappa shape index (κ2) is 6.22. The summed E-state index contributed by atoms with van der Waals surface area (Å²) in [6.07, 6.45) is 5.75. The maximum absolute atomic E-state index is 13.4. The Hall–Kier alpha value is -2.04. The van der Waals surface area contributed by atoms with Crippen molar-refractivity contribution in [2.24, 2.45) is 0 Å². The van der Waals surface area contributed by atoms with Crippen molar-refractivity contribution in [2.45, 2.75) is 19.8 Å². The Morgan fingerprint density at radius 3 is 3.00 bits per heavy atom. The lowest BCUT2D eigenvalue weighted by Gasteiger charge is -2.11. The number of hydrogen-bond acceptors (Lipinski definition) is 3. The van der Waals surface area contributed by atoms with Crippen LogP contribution in [0.25, 0.3) is 5.69 Å². The van der Waals surface area contributed by atoms with Crippen LogP contribution in [0.1, 0.15) is 19.8 Å². The van der Waals surface area contributed by atoms with Crippen molar-refractivity contribution in [3.05, 3.63) is 36.4 Å². The van der Waals surface area contributed by atoms with Gasteiger partial charge in [-0.2, -0.15) is 0 Å². The number of unbranched alkanes of at least 4 members (excludes halogenated alkanes) is 1. The van der Waals surface area contributed by atoms with Gasteiger partial charge >= 0.3 is 0 Å². The molecule has 2 rings (SSSR count). The van der Waals surface area contributed by atoms with Crippen LogP contribution in [-0.4, -0.2) is 23.2 Å². The molecule has 0 aliphatic heterocycles. The van der Waals surface area contributed by atoms with E-state index in [4.69, 9.17) is 4.74 Å². The van der Waals surface area contributed by atoms with Crippen LogP contribution < -0.4 is 10.1 Å². The number of halogens is 1. The molecule has 0 aliphatic rings. The van der Waals surface area contributed by atoms with E-state index in [0.717, 1.165) is 31.0 Å². The Labute approximate surface area is 112 Å². The van der Waals surface area contributed by atoms with Crippen molar-refractivity contribution in [3.63, 3.8) is 0 Å². The normalized spacial score (nSPS) is 10.5. The molecular formula is C14H18FN3O. The van der Waals surface area contributed by atoms with Crippen molar-refractivity contribution < 1.29 is 9.13 Å². The topological polar surface area (TPSA) is 39.1 Å². The number of rotatable bonds is 6. The zero-order chi connectivity index (χ0) is 13.7. The summed E-state index contributed by atoms with van der Waals surface area (Å²) in [4.78, 5) is 4.26. The minimum Gasteiger partial charge on any atom is -0.494 e. The first-order valence-electron chi connectivity index (χ1n) is 6.37. The van der Waals surface area contributed by atoms with Crippen LogP contribution in [0.15, 0.2) is 30.6 Å². The second-order valence-corrected chi connectivity index (χ2v) is 4.22. The van der Waals surface area contributed by atoms with Gasteiger partial charge in [0.2, 0.25) is 5.95 Å². The van der Waals surface area contributed by atoms with E-state index in [9.17, 15) is 4.39 Å². The van der Waals surface area contributed by atoms with Crippen LogP contribution in [0.5, 0.6) is 5.75 Å². The number of hydrogen-bond donors (Lipinski definition) is 1. The molecular weight excluding hydrogens is 245 g/mol. The predicted octanol–water partition coefficient (Wildman–Crippen LogP) is 3.23. The molecule has 0 unspecified atom stereocenters. The fourth-order valence-electron chi connectivity index (χ4n) is 1.82. The second-order valence-electron chi connectivity index (χ2n) is 4.22. The van der Waals surface area contributed by atoms with E-state index >= 15 is 0 Å². The number of imidazole rings is 1. The molecule has 0 saturated carbocycles. The molecule has 1 N–H and O–H groups in total. The fraction of sp³-hybridized carbons (Fsp3) is 0.357. The van der Waals surface area contributed by atoms with E-state index in [1.165, 1.54) is 13.2 Å². The lowest BCUT2D eigenvalue weighted by Crippen LogP contribution is -2.07. The Morgan fingerprint density at radius 1 is 1.42 bits per heavy atom. The molecule has 1 aromatic carbocycles. The van der Waals surface area contributed by atoms with Crippen LogP contribution in [0.2, 0.25) is 0 Å². The molecule has 0 spiro atoms. The molecule has 2 aromatic rings. The number of anilines is 1. The number of methoxy groups -OCH3 is 1. The van der Waals surface area contributed by atoms with Crippen molar-refractivity contribution in [1.82, 2.24) is 9.55 Å². The zero-order valence-corrected chi connectivity index (χ0v) is 11.2. The van der Waals surface area contributed by atoms with Crippen LogP contribution in [0.3, 0.4) is 0 Å². The Kier molecular flexibility index (Phi) is 4.39. The SMILES string of the molecule is CCCCNc1nccn1-c1ccc(F)c(OC)c1. The van der Waals surface area contributed by atoms with E-state index in [2.05, 4.69) is 17.2 Å². The number of ether oxygens (including phenoxy) is 1. The summed E-state index contributed by atoms with van der Waals surface area (Å²) in [6.45, 7) is 3.00. The van der Waals surface area contributed by atoms with Gasteiger partial charge in [-0.15, -0.1) is 0 Å². The molecule has 1 heterocycles. The van der Waals surface area contributed by atoms with Gasteiger partial charge in [0, 0.05) is 25.0 Å². The van der Waals surface area contributed by atoms with Gasteiger partial charge in [0.1, 0.15) is 0 Å². The average molecular weight is 263 g/mol. The van der Waals surface area contributed by atoms with Crippen molar-refractivity contribution in [2.75, 3.05) is 19.0 Å². The number of nitrogens with one attached hydrogen (secondary N) is 1. The number of nitrogens with zero attached hydrogens (tertiary/aromatic N) is 2. The van der Waals surface area contributed by atoms with Gasteiger partial charge in [0.15, 0.2) is 11.6 Å². The van der Waals surface area contributed by atoms with Crippen LogP contribution in [-0.2, 0) is 0 Å². The molecule has 1 aromatic heterocycles. The summed E-state index contributed by atoms with van der Waals surface area (Å²) in [6, 6.07) is 4.75. The predicted molar refractivity (Wildman–Crippen MR) is 73.5 cm³/mol. The van der Waals surface area contributed by atoms with Crippen molar-refractivity contribution in [1.29, 1.82) is 0 Å². The highest BCUT2D eigenvalue weighted by atomic mass is 19.1. The highest BCUT2D eigenvalue weighted by Gasteiger charge is 2.08. The number of benzene rings is 1. The van der Waals surface area contributed by atoms with E-state index in [-0.39, 0.29) is 11.6 Å². The molecule has 19 heavy (non-hydrogen) atoms. The van der Waals surface area contributed by atoms with Gasteiger partial charge < -0.3 is 10.1 Å². The van der Waals surface area contributed by atoms with Crippen molar-refractivity contribution >= 4 is 5.95 Å². The molecule has 5 heteroatoms. The van der Waals surface area contributed by atoms with Gasteiger partial charge in [-0.3, -0.25) is 4.57 Å². The smallest absolute Gasteiger partial charge is 0.207 e. The summed E-state index contributed by atoms with van der Waals surface area (Å²) in [5, 5.41) is 3.26. The molecule has 4 nitrogen and oxygen atoms in total. The zero-order valence-electron chi connectivity index (χ0n) is 11.2. The Bertz CT molecular complexity index is 539. The lowest BCUT2D eigenvalue weighted by molar-refractivity contribution is 0.386. The van der Waals surface area contributed by atoms with Gasteiger partial charge in [-0.1, -0.05) is 13.3 Å². The lowest BCUT2D eigenvalue weighted by atomic mass is 10.3. The largest absolute Gasteiger partial charge is 0.494 e. The molecule has 102 valence electrons. The minimum absolute atomic E-state index is 0.228. The maximum Gasteiger partial charge on any atom is 0.207 e. The summed E-state index contributed by atoms with van der Waals surface area (Å²) in [5.41, 5.74) is 0.815. The Morgan fingerprint density at radius 2 is 2.26 bits per heavy atom. The summed E-state index contributed by atoms with van der Waals surface area (Å²) in [7, 11) is 1.45. The van der Waals surface area contributed by atoms with Crippen LogP contribution in [0.4, 0.5) is 10.3 Å². The van der Waals surface area contributed by atoms with Gasteiger partial charge in [0.05, 0.1) is 12.8 Å². The molecule has 0 radical (unpaired) electrons. The van der Waals surface area contributed by atoms with Gasteiger partial charge in [-0.25, -0.2) is 9.37 Å². The summed E-state index contributed by atoms with van der Waals surface area (Å²) < 4.78 is 20.3. The first-order chi connectivity index (χ1) is 9.26. The third-order valence-corrected chi connectivity index (χ3v) is 2.87. The maximum atomic E-state index is 13.4. The first-order valence-corrected chi connectivity index (χ1v) is 6.37. The van der Waals surface area contributed by atoms with E-state index in [1.54, 1.807) is 18.3 Å². The van der Waals surface area contributed by atoms with E-state index in [1.807, 2.05) is 10.8 Å². The third-order valence-electron chi connectivity index (χ3n) is 2.87. The molecule has 0 bridgehead atoms. The van der Waals surface area contributed by atoms with Crippen molar-refractivity contribution in [3.8, 4) is 11.4 Å². The Balaban J connectivity index is 2.24. The third kappa shape index (κ3) is 3.05. The standard InChI is InChI=1S/C14H18FN3O/c1-3-4-7-16-14-17-8-9-18(14)11-5-6-12(15)13(10-11)19-2/h5-6,8-10H,3-4,7H2,1-2H3,(H,16,17). The molecule has 0 saturated heterocycles. The van der Waals surface area contributed by atoms with E-state index < -0.39 is 0 Å². The van der Waals surface area contributed by atoms with Gasteiger partial charge in [-0.05, 0) is 18.6 Å². The number of aromatic nitrogens is 2. The quantitative estimate of drug-likeness (QED) is 0.813. The molecule has 0 fully saturated rings. The average Bonchev–Trinajstić information content (AvgIpc) is 2.88. The molecule has 0 amide bonds. The van der Waals surface area contributed by atoms with Crippen LogP contribution in [0, 0.1) is 5.82 Å². The monoisotopic (exact) mass is 263 g/mol. The highest BCUT2D eigenvalue weighted by molar-refractivity contribution is 5.46. The first kappa shape index (κ1) is 13.4. The molecule has 0 aliphatic carbocycles. The van der Waals surface area contributed by atoms with Gasteiger partial charge in [0.25, 0.3) is 0 Å². The summed E-state index contributed by atoms with van der Waals surface area (Å²) >= 11 is 0. The molecule has 0 atom stereocenters. The fourth-order valence-corrected chi connectivity index (χ4v) is 1.82. The van der Waals surface area contributed by atoms with Crippen LogP contribution >= 0.6 is 0 Å².